The van der Waals surface area contributed by atoms with E-state index in [1.807, 2.05) is 28.8 Å². The first-order valence-corrected chi connectivity index (χ1v) is 12.8. The van der Waals surface area contributed by atoms with Crippen molar-refractivity contribution >= 4 is 33.6 Å². The average Bonchev–Trinajstić information content (AvgIpc) is 3.65. The van der Waals surface area contributed by atoms with Crippen molar-refractivity contribution in [2.24, 2.45) is 5.92 Å². The van der Waals surface area contributed by atoms with E-state index in [4.69, 9.17) is 0 Å². The first kappa shape index (κ1) is 22.8. The number of carboxylic acids is 1. The van der Waals surface area contributed by atoms with Gasteiger partial charge in [0.25, 0.3) is 0 Å². The highest BCUT2D eigenvalue weighted by atomic mass is 19.1. The highest BCUT2D eigenvalue weighted by Gasteiger charge is 2.35. The number of carbonyl (C=O) groups is 2. The van der Waals surface area contributed by atoms with E-state index in [2.05, 4.69) is 23.1 Å². The first-order valence-electron chi connectivity index (χ1n) is 12.8. The van der Waals surface area contributed by atoms with E-state index in [9.17, 15) is 19.1 Å². The van der Waals surface area contributed by atoms with Crippen molar-refractivity contribution in [2.75, 3.05) is 6.54 Å². The number of amides is 1. The number of nitrogens with zero attached hydrogens (tertiary/aromatic N) is 2. The molecular weight excluding hydrogens is 455 g/mol. The summed E-state index contributed by atoms with van der Waals surface area (Å²) < 4.78 is 16.0. The van der Waals surface area contributed by atoms with Gasteiger partial charge in [0.2, 0.25) is 5.91 Å². The molecule has 0 spiro atoms. The van der Waals surface area contributed by atoms with Crippen LogP contribution in [0, 0.1) is 11.7 Å². The van der Waals surface area contributed by atoms with Crippen LogP contribution in [-0.2, 0) is 35.4 Å². The monoisotopic (exact) mass is 484 g/mol. The summed E-state index contributed by atoms with van der Waals surface area (Å²) >= 11 is 0. The number of aliphatic carboxylic acids is 1. The number of carbonyl (C=O) groups excluding carboxylic acids is 1. The zero-order chi connectivity index (χ0) is 24.8. The predicted molar refractivity (Wildman–Crippen MR) is 137 cm³/mol. The molecule has 5 nitrogen and oxygen atoms in total. The van der Waals surface area contributed by atoms with Gasteiger partial charge < -0.3 is 14.6 Å². The van der Waals surface area contributed by atoms with Gasteiger partial charge in [0, 0.05) is 29.2 Å². The molecule has 0 saturated heterocycles. The SMILES string of the molecule is O=C(O)Cn1c2c(c3cc(F)ccc31)C[C@@H](N(CC1CC1)C(=O)Cc1cccc3ccccc13)CC2. The smallest absolute Gasteiger partial charge is 0.323 e. The highest BCUT2D eigenvalue weighted by molar-refractivity contribution is 5.91. The normalized spacial score (nSPS) is 17.3. The molecule has 6 rings (SSSR count). The number of benzene rings is 3. The lowest BCUT2D eigenvalue weighted by atomic mass is 9.89. The second kappa shape index (κ2) is 9.08. The Morgan fingerprint density at radius 3 is 2.61 bits per heavy atom. The van der Waals surface area contributed by atoms with Crippen molar-refractivity contribution in [1.29, 1.82) is 0 Å². The lowest BCUT2D eigenvalue weighted by Crippen LogP contribution is -2.45. The summed E-state index contributed by atoms with van der Waals surface area (Å²) in [6.45, 7) is 0.611. The summed E-state index contributed by atoms with van der Waals surface area (Å²) in [4.78, 5) is 27.4. The summed E-state index contributed by atoms with van der Waals surface area (Å²) in [5.74, 6) is -0.565. The van der Waals surface area contributed by atoms with Crippen LogP contribution >= 0.6 is 0 Å². The lowest BCUT2D eigenvalue weighted by Gasteiger charge is -2.35. The molecule has 0 bridgehead atoms. The van der Waals surface area contributed by atoms with Gasteiger partial charge in [-0.1, -0.05) is 42.5 Å². The Balaban J connectivity index is 1.33. The number of carboxylic acid groups (broad SMARTS) is 1. The number of fused-ring (bicyclic) bond motifs is 4. The molecule has 36 heavy (non-hydrogen) atoms. The largest absolute Gasteiger partial charge is 0.480 e. The first-order chi connectivity index (χ1) is 17.5. The molecule has 1 saturated carbocycles. The molecule has 4 aromatic rings. The second-order valence-corrected chi connectivity index (χ2v) is 10.3. The van der Waals surface area contributed by atoms with E-state index in [0.29, 0.717) is 25.2 Å². The number of hydrogen-bond donors (Lipinski definition) is 1. The topological polar surface area (TPSA) is 62.5 Å². The molecular formula is C30H29FN2O3. The van der Waals surface area contributed by atoms with Crippen LogP contribution in [0.1, 0.15) is 36.1 Å². The fourth-order valence-electron chi connectivity index (χ4n) is 5.93. The quantitative estimate of drug-likeness (QED) is 0.384. The Bertz CT molecular complexity index is 1480. The molecule has 1 aromatic heterocycles. The number of aromatic nitrogens is 1. The van der Waals surface area contributed by atoms with Gasteiger partial charge in [0.05, 0.1) is 6.42 Å². The standard InChI is InChI=1S/C30H29FN2O3/c31-22-10-12-27-25(15-22)26-16-23(11-13-28(26)33(27)18-30(35)36)32(17-19-8-9-19)29(34)14-21-6-3-5-20-4-1-2-7-24(20)21/h1-7,10,12,15,19,23H,8-9,11,13-14,16-18H2,(H,35,36)/t23-/m0/s1. The molecule has 6 heteroatoms. The van der Waals surface area contributed by atoms with Crippen LogP contribution in [0.4, 0.5) is 4.39 Å². The summed E-state index contributed by atoms with van der Waals surface area (Å²) in [5, 5.41) is 12.5. The maximum Gasteiger partial charge on any atom is 0.323 e. The van der Waals surface area contributed by atoms with Crippen molar-refractivity contribution < 1.29 is 19.1 Å². The van der Waals surface area contributed by atoms with E-state index in [1.54, 1.807) is 6.07 Å². The van der Waals surface area contributed by atoms with E-state index in [1.165, 1.54) is 12.1 Å². The maximum atomic E-state index is 14.2. The third kappa shape index (κ3) is 4.25. The van der Waals surface area contributed by atoms with Gasteiger partial charge in [0.15, 0.2) is 0 Å². The number of hydrogen-bond acceptors (Lipinski definition) is 2. The summed E-state index contributed by atoms with van der Waals surface area (Å²) in [7, 11) is 0. The fourth-order valence-corrected chi connectivity index (χ4v) is 5.93. The highest BCUT2D eigenvalue weighted by Crippen LogP contribution is 2.37. The van der Waals surface area contributed by atoms with Gasteiger partial charge in [-0.3, -0.25) is 9.59 Å². The average molecular weight is 485 g/mol. The number of halogens is 1. The lowest BCUT2D eigenvalue weighted by molar-refractivity contribution is -0.137. The molecule has 184 valence electrons. The molecule has 3 aromatic carbocycles. The van der Waals surface area contributed by atoms with Gasteiger partial charge in [-0.05, 0) is 78.1 Å². The molecule has 1 N–H and O–H groups in total. The van der Waals surface area contributed by atoms with Crippen LogP contribution in [0.15, 0.2) is 60.7 Å². The fraction of sp³-hybridized carbons (Fsp3) is 0.333. The van der Waals surface area contributed by atoms with E-state index in [-0.39, 0.29) is 24.3 Å². The van der Waals surface area contributed by atoms with Gasteiger partial charge in [-0.25, -0.2) is 4.39 Å². The molecule has 1 fully saturated rings. The molecule has 2 aliphatic rings. The van der Waals surface area contributed by atoms with Gasteiger partial charge in [-0.2, -0.15) is 0 Å². The van der Waals surface area contributed by atoms with Crippen LogP contribution in [-0.4, -0.2) is 39.0 Å². The summed E-state index contributed by atoms with van der Waals surface area (Å²) in [5.41, 5.74) is 3.73. The summed E-state index contributed by atoms with van der Waals surface area (Å²) in [6, 6.07) is 18.9. The van der Waals surface area contributed by atoms with Crippen molar-refractivity contribution in [2.45, 2.75) is 51.1 Å². The minimum Gasteiger partial charge on any atom is -0.480 e. The third-order valence-corrected chi connectivity index (χ3v) is 7.83. The Kier molecular flexibility index (Phi) is 5.75. The Labute approximate surface area is 209 Å². The zero-order valence-electron chi connectivity index (χ0n) is 20.1. The second-order valence-electron chi connectivity index (χ2n) is 10.3. The Hall–Kier alpha value is -3.67. The van der Waals surface area contributed by atoms with Crippen molar-refractivity contribution in [3.63, 3.8) is 0 Å². The predicted octanol–water partition coefficient (Wildman–Crippen LogP) is 5.36. The van der Waals surface area contributed by atoms with E-state index >= 15 is 0 Å². The molecule has 0 radical (unpaired) electrons. The molecule has 1 amide bonds. The van der Waals surface area contributed by atoms with E-state index in [0.717, 1.165) is 64.3 Å². The zero-order valence-corrected chi connectivity index (χ0v) is 20.1. The Morgan fingerprint density at radius 2 is 1.81 bits per heavy atom. The van der Waals surface area contributed by atoms with Crippen LogP contribution in [0.5, 0.6) is 0 Å². The maximum absolute atomic E-state index is 14.2. The van der Waals surface area contributed by atoms with Crippen LogP contribution in [0.3, 0.4) is 0 Å². The minimum atomic E-state index is -0.915. The van der Waals surface area contributed by atoms with Gasteiger partial charge in [-0.15, -0.1) is 0 Å². The van der Waals surface area contributed by atoms with E-state index < -0.39 is 5.97 Å². The molecule has 0 aliphatic heterocycles. The molecule has 1 heterocycles. The van der Waals surface area contributed by atoms with Crippen molar-refractivity contribution in [3.8, 4) is 0 Å². The van der Waals surface area contributed by atoms with Crippen molar-refractivity contribution in [1.82, 2.24) is 9.47 Å². The minimum absolute atomic E-state index is 0.0210. The summed E-state index contributed by atoms with van der Waals surface area (Å²) in [6.07, 6.45) is 4.73. The van der Waals surface area contributed by atoms with Crippen molar-refractivity contribution in [3.05, 3.63) is 83.3 Å². The molecule has 2 aliphatic carbocycles. The van der Waals surface area contributed by atoms with Gasteiger partial charge >= 0.3 is 5.97 Å². The van der Waals surface area contributed by atoms with Crippen LogP contribution in [0.2, 0.25) is 0 Å². The van der Waals surface area contributed by atoms with Crippen LogP contribution < -0.4 is 0 Å². The third-order valence-electron chi connectivity index (χ3n) is 7.83. The molecule has 0 unspecified atom stereocenters. The number of rotatable bonds is 7. The Morgan fingerprint density at radius 1 is 1.00 bits per heavy atom. The van der Waals surface area contributed by atoms with Crippen LogP contribution in [0.25, 0.3) is 21.7 Å². The van der Waals surface area contributed by atoms with Gasteiger partial charge in [0.1, 0.15) is 12.4 Å². The molecule has 1 atom stereocenters.